The van der Waals surface area contributed by atoms with Gasteiger partial charge in [-0.25, -0.2) is 13.1 Å². The number of piperidine rings is 1. The number of nitrogens with zero attached hydrogens (tertiary/aromatic N) is 2. The van der Waals surface area contributed by atoms with E-state index in [0.29, 0.717) is 26.1 Å². The van der Waals surface area contributed by atoms with E-state index >= 15 is 0 Å². The maximum absolute atomic E-state index is 11.1. The summed E-state index contributed by atoms with van der Waals surface area (Å²) in [6.45, 7) is 6.60. The minimum absolute atomic E-state index is 0.141. The zero-order valence-electron chi connectivity index (χ0n) is 16.4. The molecule has 1 unspecified atom stereocenters. The van der Waals surface area contributed by atoms with Crippen molar-refractivity contribution < 1.29 is 12.8 Å². The van der Waals surface area contributed by atoms with Gasteiger partial charge in [-0.3, -0.25) is 9.89 Å². The molecule has 9 heteroatoms. The SMILES string of the molecule is CCNC(=NCC(c1ccco1)N1CCCCC1)NCCCNS(C)(=O)=O. The first-order chi connectivity index (χ1) is 13.0. The first kappa shape index (κ1) is 21.7. The van der Waals surface area contributed by atoms with Gasteiger partial charge in [-0.05, 0) is 51.4 Å². The van der Waals surface area contributed by atoms with Crippen LogP contribution in [0.3, 0.4) is 0 Å². The highest BCUT2D eigenvalue weighted by molar-refractivity contribution is 7.88. The van der Waals surface area contributed by atoms with Gasteiger partial charge in [0.05, 0.1) is 25.1 Å². The van der Waals surface area contributed by atoms with E-state index < -0.39 is 10.0 Å². The molecule has 0 amide bonds. The second kappa shape index (κ2) is 11.3. The molecule has 0 bridgehead atoms. The fourth-order valence-electron chi connectivity index (χ4n) is 3.17. The number of aliphatic imine (C=N–C) groups is 1. The number of hydrogen-bond donors (Lipinski definition) is 3. The van der Waals surface area contributed by atoms with Crippen LogP contribution in [-0.4, -0.2) is 64.8 Å². The quantitative estimate of drug-likeness (QED) is 0.312. The summed E-state index contributed by atoms with van der Waals surface area (Å²) < 4.78 is 30.3. The van der Waals surface area contributed by atoms with Crippen molar-refractivity contribution >= 4 is 16.0 Å². The van der Waals surface area contributed by atoms with Gasteiger partial charge in [-0.1, -0.05) is 6.42 Å². The molecular weight excluding hydrogens is 366 g/mol. The summed E-state index contributed by atoms with van der Waals surface area (Å²) in [5.74, 6) is 1.69. The zero-order valence-corrected chi connectivity index (χ0v) is 17.2. The third kappa shape index (κ3) is 8.32. The lowest BCUT2D eigenvalue weighted by molar-refractivity contribution is 0.150. The fourth-order valence-corrected chi connectivity index (χ4v) is 3.68. The van der Waals surface area contributed by atoms with E-state index in [4.69, 9.17) is 9.41 Å². The van der Waals surface area contributed by atoms with Crippen LogP contribution in [0, 0.1) is 0 Å². The monoisotopic (exact) mass is 399 g/mol. The highest BCUT2D eigenvalue weighted by Gasteiger charge is 2.24. The topological polar surface area (TPSA) is 99.0 Å². The van der Waals surface area contributed by atoms with Crippen molar-refractivity contribution in [3.8, 4) is 0 Å². The van der Waals surface area contributed by atoms with Crippen molar-refractivity contribution in [1.29, 1.82) is 0 Å². The zero-order chi connectivity index (χ0) is 19.5. The lowest BCUT2D eigenvalue weighted by Gasteiger charge is -2.32. The molecule has 1 fully saturated rings. The van der Waals surface area contributed by atoms with E-state index in [9.17, 15) is 8.42 Å². The van der Waals surface area contributed by atoms with E-state index in [1.165, 1.54) is 25.5 Å². The van der Waals surface area contributed by atoms with Crippen LogP contribution in [0.1, 0.15) is 44.4 Å². The molecule has 0 spiro atoms. The number of rotatable bonds is 10. The molecule has 154 valence electrons. The van der Waals surface area contributed by atoms with E-state index in [1.54, 1.807) is 6.26 Å². The average molecular weight is 400 g/mol. The molecule has 0 saturated carbocycles. The van der Waals surface area contributed by atoms with Gasteiger partial charge in [0.1, 0.15) is 5.76 Å². The van der Waals surface area contributed by atoms with Crippen molar-refractivity contribution in [2.45, 2.75) is 38.6 Å². The average Bonchev–Trinajstić information content (AvgIpc) is 3.16. The largest absolute Gasteiger partial charge is 0.468 e. The molecule has 3 N–H and O–H groups in total. The Morgan fingerprint density at radius 1 is 1.26 bits per heavy atom. The fraction of sp³-hybridized carbons (Fsp3) is 0.722. The predicted octanol–water partition coefficient (Wildman–Crippen LogP) is 1.30. The van der Waals surface area contributed by atoms with Crippen molar-refractivity contribution in [3.05, 3.63) is 24.2 Å². The van der Waals surface area contributed by atoms with Gasteiger partial charge in [-0.2, -0.15) is 0 Å². The molecule has 0 aromatic carbocycles. The molecule has 2 rings (SSSR count). The lowest BCUT2D eigenvalue weighted by atomic mass is 10.1. The van der Waals surface area contributed by atoms with Crippen LogP contribution < -0.4 is 15.4 Å². The Morgan fingerprint density at radius 3 is 2.67 bits per heavy atom. The molecule has 27 heavy (non-hydrogen) atoms. The van der Waals surface area contributed by atoms with Crippen LogP contribution in [0.5, 0.6) is 0 Å². The summed E-state index contributed by atoms with van der Waals surface area (Å²) in [6, 6.07) is 4.09. The van der Waals surface area contributed by atoms with Crippen molar-refractivity contribution in [3.63, 3.8) is 0 Å². The number of furan rings is 1. The van der Waals surface area contributed by atoms with E-state index in [1.807, 2.05) is 19.1 Å². The summed E-state index contributed by atoms with van der Waals surface area (Å²) in [7, 11) is -3.13. The van der Waals surface area contributed by atoms with Gasteiger partial charge < -0.3 is 15.1 Å². The molecule has 2 heterocycles. The number of nitrogens with one attached hydrogen (secondary N) is 3. The van der Waals surface area contributed by atoms with Gasteiger partial charge in [-0.15, -0.1) is 0 Å². The summed E-state index contributed by atoms with van der Waals surface area (Å²) in [5, 5.41) is 6.51. The normalized spacial score (nSPS) is 17.6. The Balaban J connectivity index is 1.91. The second-order valence-electron chi connectivity index (χ2n) is 6.79. The lowest BCUT2D eigenvalue weighted by Crippen LogP contribution is -2.40. The summed E-state index contributed by atoms with van der Waals surface area (Å²) in [5.41, 5.74) is 0. The van der Waals surface area contributed by atoms with Gasteiger partial charge in [0.25, 0.3) is 0 Å². The Bertz CT molecular complexity index is 655. The highest BCUT2D eigenvalue weighted by atomic mass is 32.2. The Labute approximate surface area is 162 Å². The molecule has 1 aromatic heterocycles. The Hall–Kier alpha value is -1.58. The third-order valence-electron chi connectivity index (χ3n) is 4.48. The maximum Gasteiger partial charge on any atom is 0.208 e. The van der Waals surface area contributed by atoms with E-state index in [0.717, 1.165) is 31.4 Å². The first-order valence-corrected chi connectivity index (χ1v) is 11.6. The molecular formula is C18H33N5O3S. The van der Waals surface area contributed by atoms with Crippen LogP contribution >= 0.6 is 0 Å². The minimum atomic E-state index is -3.13. The van der Waals surface area contributed by atoms with Crippen molar-refractivity contribution in [2.24, 2.45) is 4.99 Å². The molecule has 1 aliphatic rings. The highest BCUT2D eigenvalue weighted by Crippen LogP contribution is 2.25. The van der Waals surface area contributed by atoms with Crippen molar-refractivity contribution in [1.82, 2.24) is 20.3 Å². The van der Waals surface area contributed by atoms with Crippen LogP contribution in [-0.2, 0) is 10.0 Å². The molecule has 0 aliphatic carbocycles. The van der Waals surface area contributed by atoms with Crippen LogP contribution in [0.15, 0.2) is 27.8 Å². The summed E-state index contributed by atoms with van der Waals surface area (Å²) in [6.07, 6.45) is 7.29. The molecule has 0 radical (unpaired) electrons. The maximum atomic E-state index is 11.1. The molecule has 1 atom stereocenters. The Morgan fingerprint density at radius 2 is 2.04 bits per heavy atom. The van der Waals surface area contributed by atoms with Crippen molar-refractivity contribution in [2.75, 3.05) is 45.5 Å². The molecule has 8 nitrogen and oxygen atoms in total. The van der Waals surface area contributed by atoms with Gasteiger partial charge in [0, 0.05) is 19.6 Å². The molecule has 1 aromatic rings. The number of hydrogen-bond acceptors (Lipinski definition) is 5. The van der Waals surface area contributed by atoms with Gasteiger partial charge in [0.15, 0.2) is 5.96 Å². The predicted molar refractivity (Wildman–Crippen MR) is 108 cm³/mol. The second-order valence-corrected chi connectivity index (χ2v) is 8.63. The van der Waals surface area contributed by atoms with Crippen LogP contribution in [0.25, 0.3) is 0 Å². The van der Waals surface area contributed by atoms with Gasteiger partial charge in [0.2, 0.25) is 10.0 Å². The van der Waals surface area contributed by atoms with E-state index in [2.05, 4.69) is 20.3 Å². The Kier molecular flexibility index (Phi) is 9.09. The third-order valence-corrected chi connectivity index (χ3v) is 5.21. The number of sulfonamides is 1. The first-order valence-electron chi connectivity index (χ1n) is 9.74. The van der Waals surface area contributed by atoms with E-state index in [-0.39, 0.29) is 6.04 Å². The number of guanidine groups is 1. The van der Waals surface area contributed by atoms with Crippen LogP contribution in [0.4, 0.5) is 0 Å². The molecule has 1 aliphatic heterocycles. The smallest absolute Gasteiger partial charge is 0.208 e. The summed E-state index contributed by atoms with van der Waals surface area (Å²) in [4.78, 5) is 7.20. The van der Waals surface area contributed by atoms with Crippen LogP contribution in [0.2, 0.25) is 0 Å². The number of likely N-dealkylation sites (tertiary alicyclic amines) is 1. The summed E-state index contributed by atoms with van der Waals surface area (Å²) >= 11 is 0. The minimum Gasteiger partial charge on any atom is -0.468 e. The van der Waals surface area contributed by atoms with Gasteiger partial charge >= 0.3 is 0 Å². The molecule has 1 saturated heterocycles. The standard InChI is InChI=1S/C18H33N5O3S/c1-3-19-18(20-10-8-11-22-27(2,24)25)21-15-16(17-9-7-14-26-17)23-12-5-4-6-13-23/h7,9,14,16,22H,3-6,8,10-13,15H2,1-2H3,(H2,19,20,21).